The molecule has 5 nitrogen and oxygen atoms in total. The number of hydrogen-bond donors (Lipinski definition) is 1. The molecule has 130 valence electrons. The first-order valence-electron chi connectivity index (χ1n) is 7.83. The quantitative estimate of drug-likeness (QED) is 0.753. The largest absolute Gasteiger partial charge is 0.310 e. The molecule has 0 saturated heterocycles. The molecule has 3 rings (SSSR count). The van der Waals surface area contributed by atoms with Crippen LogP contribution in [0.1, 0.15) is 26.6 Å². The van der Waals surface area contributed by atoms with Crippen molar-refractivity contribution in [2.75, 3.05) is 5.32 Å². The summed E-state index contributed by atoms with van der Waals surface area (Å²) in [6.07, 6.45) is 1.62. The topological polar surface area (TPSA) is 59.8 Å². The van der Waals surface area contributed by atoms with Gasteiger partial charge in [-0.1, -0.05) is 20.8 Å². The molecule has 0 fully saturated rings. The number of hydrogen-bond acceptors (Lipinski definition) is 4. The summed E-state index contributed by atoms with van der Waals surface area (Å²) in [5.41, 5.74) is 1.08. The third-order valence-electron chi connectivity index (χ3n) is 3.68. The Hall–Kier alpha value is -2.54. The number of aromatic nitrogens is 3. The van der Waals surface area contributed by atoms with Gasteiger partial charge in [-0.15, -0.1) is 11.3 Å². The Morgan fingerprint density at radius 1 is 1.24 bits per heavy atom. The fourth-order valence-electron chi connectivity index (χ4n) is 2.20. The van der Waals surface area contributed by atoms with Crippen molar-refractivity contribution < 1.29 is 9.18 Å². The van der Waals surface area contributed by atoms with Gasteiger partial charge in [0.2, 0.25) is 5.91 Å². The van der Waals surface area contributed by atoms with Gasteiger partial charge in [-0.2, -0.15) is 0 Å². The summed E-state index contributed by atoms with van der Waals surface area (Å²) < 4.78 is 14.9. The number of nitrogens with one attached hydrogen (secondary N) is 1. The number of rotatable bonds is 3. The molecule has 2 heterocycles. The summed E-state index contributed by atoms with van der Waals surface area (Å²) in [4.78, 5) is 21.2. The SMILES string of the molecule is Cc1ncc(NC(=O)C(C)(C)C)n1-c1nc(-c2ccc(F)cc2)cs1. The van der Waals surface area contributed by atoms with Gasteiger partial charge in [0.25, 0.3) is 0 Å². The van der Waals surface area contributed by atoms with E-state index in [-0.39, 0.29) is 11.7 Å². The van der Waals surface area contributed by atoms with Crippen molar-refractivity contribution in [1.82, 2.24) is 14.5 Å². The zero-order chi connectivity index (χ0) is 18.2. The lowest BCUT2D eigenvalue weighted by atomic mass is 9.96. The number of carbonyl (C=O) groups is 1. The molecule has 0 saturated carbocycles. The van der Waals surface area contributed by atoms with E-state index in [1.165, 1.54) is 23.5 Å². The fraction of sp³-hybridized carbons (Fsp3) is 0.278. The Labute approximate surface area is 149 Å². The van der Waals surface area contributed by atoms with Gasteiger partial charge in [0.1, 0.15) is 17.5 Å². The molecule has 1 amide bonds. The second-order valence-corrected chi connectivity index (χ2v) is 7.59. The minimum atomic E-state index is -0.509. The predicted molar refractivity (Wildman–Crippen MR) is 97.5 cm³/mol. The van der Waals surface area contributed by atoms with Crippen molar-refractivity contribution in [2.24, 2.45) is 5.41 Å². The molecule has 0 unspecified atom stereocenters. The number of halogens is 1. The van der Waals surface area contributed by atoms with Gasteiger partial charge in [0.15, 0.2) is 5.13 Å². The van der Waals surface area contributed by atoms with Crippen LogP contribution in [0.4, 0.5) is 10.2 Å². The van der Waals surface area contributed by atoms with E-state index in [0.717, 1.165) is 17.1 Å². The van der Waals surface area contributed by atoms with Crippen LogP contribution in [0.3, 0.4) is 0 Å². The Kier molecular flexibility index (Phi) is 4.43. The van der Waals surface area contributed by atoms with Crippen molar-refractivity contribution in [3.8, 4) is 16.4 Å². The maximum absolute atomic E-state index is 13.1. The molecule has 0 radical (unpaired) electrons. The van der Waals surface area contributed by atoms with Crippen LogP contribution in [-0.4, -0.2) is 20.4 Å². The van der Waals surface area contributed by atoms with Crippen molar-refractivity contribution >= 4 is 23.1 Å². The van der Waals surface area contributed by atoms with Gasteiger partial charge in [0, 0.05) is 16.4 Å². The zero-order valence-corrected chi connectivity index (χ0v) is 15.3. The van der Waals surface area contributed by atoms with E-state index < -0.39 is 5.41 Å². The number of thiazole rings is 1. The van der Waals surface area contributed by atoms with Gasteiger partial charge in [-0.05, 0) is 31.2 Å². The Bertz CT molecular complexity index is 906. The lowest BCUT2D eigenvalue weighted by Crippen LogP contribution is -2.28. The second-order valence-electron chi connectivity index (χ2n) is 6.75. The van der Waals surface area contributed by atoms with E-state index in [4.69, 9.17) is 0 Å². The molecular weight excluding hydrogens is 339 g/mol. The first-order valence-corrected chi connectivity index (χ1v) is 8.71. The number of anilines is 1. The predicted octanol–water partition coefficient (Wildman–Crippen LogP) is 4.43. The highest BCUT2D eigenvalue weighted by Gasteiger charge is 2.23. The standard InChI is InChI=1S/C18H19FN4OS/c1-11-20-9-15(22-16(24)18(2,3)4)23(11)17-21-14(10-25-17)12-5-7-13(19)8-6-12/h5-10H,1-4H3,(H,22,24). The molecule has 0 aliphatic rings. The number of benzene rings is 1. The van der Waals surface area contributed by atoms with Crippen molar-refractivity contribution in [2.45, 2.75) is 27.7 Å². The van der Waals surface area contributed by atoms with Crippen LogP contribution in [0.5, 0.6) is 0 Å². The monoisotopic (exact) mass is 358 g/mol. The molecule has 0 aliphatic heterocycles. The van der Waals surface area contributed by atoms with Crippen LogP contribution in [0.2, 0.25) is 0 Å². The Morgan fingerprint density at radius 2 is 1.92 bits per heavy atom. The van der Waals surface area contributed by atoms with Crippen LogP contribution in [0, 0.1) is 18.2 Å². The van der Waals surface area contributed by atoms with E-state index in [1.54, 1.807) is 22.9 Å². The van der Waals surface area contributed by atoms with Gasteiger partial charge >= 0.3 is 0 Å². The Balaban J connectivity index is 1.94. The molecule has 3 aromatic rings. The van der Waals surface area contributed by atoms with Crippen LogP contribution in [0.15, 0.2) is 35.8 Å². The van der Waals surface area contributed by atoms with Crippen molar-refractivity contribution in [3.05, 3.63) is 47.5 Å². The van der Waals surface area contributed by atoms with E-state index in [1.807, 2.05) is 33.1 Å². The average molecular weight is 358 g/mol. The number of nitrogens with zero attached hydrogens (tertiary/aromatic N) is 3. The van der Waals surface area contributed by atoms with Crippen LogP contribution in [-0.2, 0) is 4.79 Å². The lowest BCUT2D eigenvalue weighted by molar-refractivity contribution is -0.123. The summed E-state index contributed by atoms with van der Waals surface area (Å²) in [6, 6.07) is 6.20. The van der Waals surface area contributed by atoms with Crippen LogP contribution < -0.4 is 5.32 Å². The van der Waals surface area contributed by atoms with Gasteiger partial charge in [-0.3, -0.25) is 9.36 Å². The summed E-state index contributed by atoms with van der Waals surface area (Å²) in [7, 11) is 0. The zero-order valence-electron chi connectivity index (χ0n) is 14.5. The Morgan fingerprint density at radius 3 is 2.56 bits per heavy atom. The van der Waals surface area contributed by atoms with Crippen LogP contribution in [0.25, 0.3) is 16.4 Å². The number of amides is 1. The maximum atomic E-state index is 13.1. The van der Waals surface area contributed by atoms with E-state index >= 15 is 0 Å². The normalized spacial score (nSPS) is 11.6. The molecule has 0 spiro atoms. The van der Waals surface area contributed by atoms with Crippen molar-refractivity contribution in [3.63, 3.8) is 0 Å². The minimum Gasteiger partial charge on any atom is -0.310 e. The van der Waals surface area contributed by atoms with Crippen molar-refractivity contribution in [1.29, 1.82) is 0 Å². The summed E-state index contributed by atoms with van der Waals surface area (Å²) >= 11 is 1.44. The fourth-order valence-corrected chi connectivity index (χ4v) is 3.09. The summed E-state index contributed by atoms with van der Waals surface area (Å²) in [6.45, 7) is 7.41. The van der Waals surface area contributed by atoms with Gasteiger partial charge in [0.05, 0.1) is 11.9 Å². The number of aryl methyl sites for hydroxylation is 1. The molecule has 7 heteroatoms. The molecule has 0 aliphatic carbocycles. The second kappa shape index (κ2) is 6.40. The maximum Gasteiger partial charge on any atom is 0.230 e. The third kappa shape index (κ3) is 3.61. The molecule has 25 heavy (non-hydrogen) atoms. The molecule has 0 bridgehead atoms. The summed E-state index contributed by atoms with van der Waals surface area (Å²) in [5, 5.41) is 5.50. The first kappa shape index (κ1) is 17.3. The molecule has 0 atom stereocenters. The summed E-state index contributed by atoms with van der Waals surface area (Å²) in [5.74, 6) is 0.933. The number of carbonyl (C=O) groups excluding carboxylic acids is 1. The van der Waals surface area contributed by atoms with Gasteiger partial charge in [-0.25, -0.2) is 14.4 Å². The van der Waals surface area contributed by atoms with Crippen LogP contribution >= 0.6 is 11.3 Å². The van der Waals surface area contributed by atoms with E-state index in [2.05, 4.69) is 15.3 Å². The number of imidazole rings is 1. The first-order chi connectivity index (χ1) is 11.8. The molecule has 1 aromatic carbocycles. The molecule has 2 aromatic heterocycles. The highest BCUT2D eigenvalue weighted by Crippen LogP contribution is 2.28. The third-order valence-corrected chi connectivity index (χ3v) is 4.51. The highest BCUT2D eigenvalue weighted by atomic mass is 32.1. The minimum absolute atomic E-state index is 0.0936. The lowest BCUT2D eigenvalue weighted by Gasteiger charge is -2.18. The van der Waals surface area contributed by atoms with E-state index in [9.17, 15) is 9.18 Å². The smallest absolute Gasteiger partial charge is 0.230 e. The van der Waals surface area contributed by atoms with Gasteiger partial charge < -0.3 is 5.32 Å². The molecular formula is C18H19FN4OS. The highest BCUT2D eigenvalue weighted by molar-refractivity contribution is 7.12. The molecule has 1 N–H and O–H groups in total. The average Bonchev–Trinajstić information content (AvgIpc) is 3.14. The van der Waals surface area contributed by atoms with E-state index in [0.29, 0.717) is 10.9 Å².